The van der Waals surface area contributed by atoms with Gasteiger partial charge in [-0.2, -0.15) is 0 Å². The minimum Gasteiger partial charge on any atom is -0.449 e. The van der Waals surface area contributed by atoms with E-state index in [2.05, 4.69) is 24.5 Å². The van der Waals surface area contributed by atoms with Gasteiger partial charge in [0.2, 0.25) is 17.6 Å². The first kappa shape index (κ1) is 30.3. The molecular formula is C30H48N4O6. The van der Waals surface area contributed by atoms with Gasteiger partial charge in [-0.05, 0) is 53.8 Å². The summed E-state index contributed by atoms with van der Waals surface area (Å²) in [5, 5.41) is 5.68. The number of primary amides is 1. The van der Waals surface area contributed by atoms with Gasteiger partial charge in [-0.1, -0.05) is 73.1 Å². The highest BCUT2D eigenvalue weighted by Crippen LogP contribution is 2.65. The first-order chi connectivity index (χ1) is 18.7. The summed E-state index contributed by atoms with van der Waals surface area (Å²) in [5.41, 5.74) is 4.97. The summed E-state index contributed by atoms with van der Waals surface area (Å²) in [4.78, 5) is 66.8. The van der Waals surface area contributed by atoms with E-state index in [1.165, 1.54) is 0 Å². The van der Waals surface area contributed by atoms with Crippen molar-refractivity contribution in [3.05, 3.63) is 0 Å². The van der Waals surface area contributed by atoms with E-state index < -0.39 is 41.8 Å². The van der Waals surface area contributed by atoms with Gasteiger partial charge in [-0.15, -0.1) is 0 Å². The Kier molecular flexibility index (Phi) is 8.85. The summed E-state index contributed by atoms with van der Waals surface area (Å²) in [7, 11) is 0. The largest absolute Gasteiger partial charge is 0.449 e. The Morgan fingerprint density at radius 2 is 1.62 bits per heavy atom. The van der Waals surface area contributed by atoms with E-state index in [1.807, 2.05) is 20.8 Å². The number of fused-ring (bicyclic) bond motifs is 1. The molecule has 0 radical (unpaired) electrons. The van der Waals surface area contributed by atoms with Crippen LogP contribution in [0, 0.1) is 34.5 Å². The van der Waals surface area contributed by atoms with E-state index in [1.54, 1.807) is 4.90 Å². The molecule has 10 heteroatoms. The maximum absolute atomic E-state index is 14.2. The molecule has 1 saturated heterocycles. The molecule has 10 nitrogen and oxygen atoms in total. The zero-order chi connectivity index (χ0) is 29.4. The van der Waals surface area contributed by atoms with Crippen molar-refractivity contribution in [2.24, 2.45) is 40.2 Å². The topological polar surface area (TPSA) is 148 Å². The highest BCUT2D eigenvalue weighted by Gasteiger charge is 2.69. The third kappa shape index (κ3) is 6.62. The Labute approximate surface area is 237 Å². The maximum atomic E-state index is 14.2. The summed E-state index contributed by atoms with van der Waals surface area (Å²) in [5.74, 6) is -2.27. The van der Waals surface area contributed by atoms with Crippen molar-refractivity contribution in [3.8, 4) is 0 Å². The number of nitrogens with zero attached hydrogens (tertiary/aromatic N) is 1. The van der Waals surface area contributed by atoms with Crippen molar-refractivity contribution in [1.29, 1.82) is 0 Å². The second-order valence-corrected chi connectivity index (χ2v) is 14.4. The van der Waals surface area contributed by atoms with Gasteiger partial charge in [0, 0.05) is 6.54 Å². The van der Waals surface area contributed by atoms with Crippen molar-refractivity contribution >= 4 is 29.6 Å². The summed E-state index contributed by atoms with van der Waals surface area (Å²) < 4.78 is 5.45. The number of ether oxygens (including phenoxy) is 1. The van der Waals surface area contributed by atoms with Crippen molar-refractivity contribution in [2.75, 3.05) is 13.2 Å². The molecule has 0 bridgehead atoms. The van der Waals surface area contributed by atoms with Gasteiger partial charge in [0.15, 0.2) is 0 Å². The highest BCUT2D eigenvalue weighted by atomic mass is 16.5. The van der Waals surface area contributed by atoms with Crippen LogP contribution < -0.4 is 16.4 Å². The van der Waals surface area contributed by atoms with Crippen LogP contribution in [0.4, 0.5) is 4.79 Å². The van der Waals surface area contributed by atoms with E-state index in [9.17, 15) is 24.0 Å². The van der Waals surface area contributed by atoms with Crippen molar-refractivity contribution in [1.82, 2.24) is 15.5 Å². The zero-order valence-corrected chi connectivity index (χ0v) is 24.8. The van der Waals surface area contributed by atoms with E-state index >= 15 is 0 Å². The number of Topliss-reactive ketones (excluding diaryl/α,β-unsaturated/α-hetero) is 1. The second-order valence-electron chi connectivity index (χ2n) is 14.4. The summed E-state index contributed by atoms with van der Waals surface area (Å²) in [6.45, 7) is 10.7. The number of hydrogen-bond acceptors (Lipinski definition) is 6. The molecule has 0 aromatic carbocycles. The molecule has 5 atom stereocenters. The van der Waals surface area contributed by atoms with E-state index in [0.717, 1.165) is 51.4 Å². The molecule has 3 saturated carbocycles. The second kappa shape index (κ2) is 11.7. The molecule has 1 aliphatic heterocycles. The van der Waals surface area contributed by atoms with Crippen molar-refractivity contribution in [3.63, 3.8) is 0 Å². The molecule has 4 amide bonds. The zero-order valence-electron chi connectivity index (χ0n) is 24.8. The van der Waals surface area contributed by atoms with Gasteiger partial charge in [-0.25, -0.2) is 4.79 Å². The molecule has 1 heterocycles. The van der Waals surface area contributed by atoms with E-state index in [0.29, 0.717) is 13.0 Å². The normalized spacial score (nSPS) is 27.5. The Hall–Kier alpha value is -2.65. The fraction of sp³-hybridized carbons (Fsp3) is 0.833. The average molecular weight is 561 g/mol. The minimum absolute atomic E-state index is 0.0418. The molecule has 0 aromatic heterocycles. The Bertz CT molecular complexity index is 1010. The number of carbonyl (C=O) groups excluding carboxylic acids is 5. The molecule has 0 aromatic rings. The van der Waals surface area contributed by atoms with Crippen molar-refractivity contribution < 1.29 is 28.7 Å². The Morgan fingerprint density at radius 3 is 2.17 bits per heavy atom. The SMILES string of the molecule is CC(C)(C)COC(=O)N[C@H](C(=O)N1CC2C(C1C(=O)NC(CC1CCC1)C(=O)C(N)=O)C2(C)C)C1CCCCC1. The number of nitrogens with one attached hydrogen (secondary N) is 2. The molecule has 4 aliphatic rings. The van der Waals surface area contributed by atoms with Gasteiger partial charge in [0.1, 0.15) is 12.1 Å². The Balaban J connectivity index is 1.53. The van der Waals surface area contributed by atoms with Gasteiger partial charge >= 0.3 is 6.09 Å². The van der Waals surface area contributed by atoms with Gasteiger partial charge in [0.25, 0.3) is 5.91 Å². The molecule has 4 unspecified atom stereocenters. The molecule has 4 fully saturated rings. The fourth-order valence-corrected chi connectivity index (χ4v) is 7.01. The first-order valence-electron chi connectivity index (χ1n) is 15.1. The molecule has 0 spiro atoms. The van der Waals surface area contributed by atoms with Crippen LogP contribution in [0.3, 0.4) is 0 Å². The Morgan fingerprint density at radius 1 is 0.975 bits per heavy atom. The van der Waals surface area contributed by atoms with E-state index in [-0.39, 0.29) is 47.0 Å². The standard InChI is InChI=1S/C30H48N4O6/c1-29(2,3)16-40-28(39)33-22(18-12-7-6-8-13-18)27(38)34-15-19-21(30(19,4)5)23(34)26(37)32-20(24(35)25(31)36)14-17-10-9-11-17/h17-23H,6-16H2,1-5H3,(H2,31,36)(H,32,37)(H,33,39)/t19?,20?,21?,22-,23?/m0/s1. The monoisotopic (exact) mass is 560 g/mol. The smallest absolute Gasteiger partial charge is 0.407 e. The molecule has 3 aliphatic carbocycles. The predicted molar refractivity (Wildman–Crippen MR) is 149 cm³/mol. The van der Waals surface area contributed by atoms with Gasteiger partial charge < -0.3 is 26.0 Å². The van der Waals surface area contributed by atoms with Crippen LogP contribution in [-0.2, 0) is 23.9 Å². The van der Waals surface area contributed by atoms with Crippen LogP contribution in [0.2, 0.25) is 0 Å². The van der Waals surface area contributed by atoms with E-state index in [4.69, 9.17) is 10.5 Å². The summed E-state index contributed by atoms with van der Waals surface area (Å²) in [6, 6.07) is -2.56. The fourth-order valence-electron chi connectivity index (χ4n) is 7.01. The van der Waals surface area contributed by atoms with Crippen molar-refractivity contribution in [2.45, 2.75) is 111 Å². The number of hydrogen-bond donors (Lipinski definition) is 3. The predicted octanol–water partition coefficient (Wildman–Crippen LogP) is 2.92. The number of carbonyl (C=O) groups is 5. The average Bonchev–Trinajstić information content (AvgIpc) is 3.19. The summed E-state index contributed by atoms with van der Waals surface area (Å²) in [6.07, 6.45) is 7.39. The molecule has 4 rings (SSSR count). The number of likely N-dealkylation sites (tertiary alicyclic amines) is 1. The molecule has 4 N–H and O–H groups in total. The van der Waals surface area contributed by atoms with Gasteiger partial charge in [-0.3, -0.25) is 19.2 Å². The number of amides is 4. The lowest BCUT2D eigenvalue weighted by molar-refractivity contribution is -0.144. The van der Waals surface area contributed by atoms with Crippen LogP contribution in [0.25, 0.3) is 0 Å². The van der Waals surface area contributed by atoms with Crippen LogP contribution >= 0.6 is 0 Å². The van der Waals surface area contributed by atoms with Crippen LogP contribution in [0.15, 0.2) is 0 Å². The lowest BCUT2D eigenvalue weighted by atomic mass is 9.80. The number of piperidine rings is 1. The molecule has 40 heavy (non-hydrogen) atoms. The lowest BCUT2D eigenvalue weighted by Crippen LogP contribution is -2.59. The number of rotatable bonds is 10. The quantitative estimate of drug-likeness (QED) is 0.350. The molecule has 224 valence electrons. The summed E-state index contributed by atoms with van der Waals surface area (Å²) >= 11 is 0. The molecular weight excluding hydrogens is 512 g/mol. The maximum Gasteiger partial charge on any atom is 0.407 e. The van der Waals surface area contributed by atoms with Crippen LogP contribution in [0.5, 0.6) is 0 Å². The highest BCUT2D eigenvalue weighted by molar-refractivity contribution is 6.37. The third-order valence-corrected chi connectivity index (χ3v) is 9.73. The van der Waals surface area contributed by atoms with Crippen LogP contribution in [-0.4, -0.2) is 65.8 Å². The van der Waals surface area contributed by atoms with Crippen LogP contribution in [0.1, 0.15) is 92.4 Å². The van der Waals surface area contributed by atoms with Gasteiger partial charge in [0.05, 0.1) is 12.6 Å². The third-order valence-electron chi connectivity index (χ3n) is 9.73. The number of nitrogens with two attached hydrogens (primary N) is 1. The minimum atomic E-state index is -1.07. The first-order valence-corrected chi connectivity index (χ1v) is 15.1. The number of alkyl carbamates (subject to hydrolysis) is 1. The lowest BCUT2D eigenvalue weighted by Gasteiger charge is -2.37. The number of ketones is 1.